The highest BCUT2D eigenvalue weighted by Gasteiger charge is 2.11. The average Bonchev–Trinajstić information content (AvgIpc) is 2.36. The molecule has 0 saturated carbocycles. The van der Waals surface area contributed by atoms with Crippen molar-refractivity contribution in [2.24, 2.45) is 5.92 Å². The Morgan fingerprint density at radius 1 is 1.28 bits per heavy atom. The van der Waals surface area contributed by atoms with Gasteiger partial charge >= 0.3 is 0 Å². The molecule has 1 heterocycles. The second kappa shape index (κ2) is 8.30. The minimum absolute atomic E-state index is 0.408. The second-order valence-corrected chi connectivity index (χ2v) is 5.02. The first-order chi connectivity index (χ1) is 8.69. The minimum Gasteiger partial charge on any atom is -0.488 e. The molecular formula is C14H23ClN2O. The van der Waals surface area contributed by atoms with Gasteiger partial charge in [0.15, 0.2) is 10.9 Å². The van der Waals surface area contributed by atoms with Crippen LogP contribution in [0.3, 0.4) is 0 Å². The molecule has 0 amide bonds. The number of ether oxygens (including phenoxy) is 1. The van der Waals surface area contributed by atoms with Crippen LogP contribution in [0.2, 0.25) is 5.15 Å². The fraction of sp³-hybridized carbons (Fsp3) is 0.714. The number of hydrogen-bond acceptors (Lipinski definition) is 3. The Labute approximate surface area is 115 Å². The minimum atomic E-state index is 0.408. The molecule has 1 aromatic rings. The number of nitrogens with zero attached hydrogens (tertiary/aromatic N) is 2. The van der Waals surface area contributed by atoms with Gasteiger partial charge in [-0.2, -0.15) is 0 Å². The number of halogens is 1. The molecule has 0 aliphatic heterocycles. The van der Waals surface area contributed by atoms with E-state index in [1.165, 1.54) is 32.0 Å². The number of hydrogen-bond donors (Lipinski definition) is 0. The highest BCUT2D eigenvalue weighted by molar-refractivity contribution is 6.30. The molecule has 0 bridgehead atoms. The smallest absolute Gasteiger partial charge is 0.177 e. The predicted molar refractivity (Wildman–Crippen MR) is 75.2 cm³/mol. The van der Waals surface area contributed by atoms with Crippen LogP contribution in [0.15, 0.2) is 6.33 Å². The first-order valence-electron chi connectivity index (χ1n) is 6.78. The maximum Gasteiger partial charge on any atom is 0.177 e. The molecule has 1 aromatic heterocycles. The average molecular weight is 271 g/mol. The van der Waals surface area contributed by atoms with E-state index in [9.17, 15) is 0 Å². The summed E-state index contributed by atoms with van der Waals surface area (Å²) in [5, 5.41) is 0.408. The van der Waals surface area contributed by atoms with Gasteiger partial charge in [0.2, 0.25) is 0 Å². The summed E-state index contributed by atoms with van der Waals surface area (Å²) in [5.74, 6) is 1.22. The summed E-state index contributed by atoms with van der Waals surface area (Å²) in [7, 11) is 0. The summed E-state index contributed by atoms with van der Waals surface area (Å²) in [6.45, 7) is 7.02. The van der Waals surface area contributed by atoms with Crippen molar-refractivity contribution in [3.63, 3.8) is 0 Å². The van der Waals surface area contributed by atoms with E-state index < -0.39 is 0 Å². The highest BCUT2D eigenvalue weighted by atomic mass is 35.5. The van der Waals surface area contributed by atoms with E-state index >= 15 is 0 Å². The van der Waals surface area contributed by atoms with Crippen LogP contribution in [-0.2, 0) is 0 Å². The highest BCUT2D eigenvalue weighted by Crippen LogP contribution is 2.25. The third kappa shape index (κ3) is 4.81. The van der Waals surface area contributed by atoms with E-state index in [2.05, 4.69) is 23.8 Å². The van der Waals surface area contributed by atoms with Crippen LogP contribution in [-0.4, -0.2) is 16.6 Å². The van der Waals surface area contributed by atoms with Crippen LogP contribution in [0.25, 0.3) is 0 Å². The molecule has 0 radical (unpaired) electrons. The lowest BCUT2D eigenvalue weighted by atomic mass is 10.00. The second-order valence-electron chi connectivity index (χ2n) is 4.66. The van der Waals surface area contributed by atoms with Crippen molar-refractivity contribution in [1.29, 1.82) is 0 Å². The molecule has 0 saturated heterocycles. The summed E-state index contributed by atoms with van der Waals surface area (Å²) in [6, 6.07) is 0. The van der Waals surface area contributed by atoms with Gasteiger partial charge in [-0.1, -0.05) is 51.1 Å². The maximum atomic E-state index is 6.01. The third-order valence-electron chi connectivity index (χ3n) is 3.20. The van der Waals surface area contributed by atoms with Gasteiger partial charge in [-0.25, -0.2) is 9.97 Å². The van der Waals surface area contributed by atoms with Crippen molar-refractivity contribution in [3.05, 3.63) is 17.2 Å². The van der Waals surface area contributed by atoms with Gasteiger partial charge in [-0.15, -0.1) is 0 Å². The summed E-state index contributed by atoms with van der Waals surface area (Å²) in [4.78, 5) is 8.05. The van der Waals surface area contributed by atoms with Crippen LogP contribution >= 0.6 is 11.6 Å². The zero-order chi connectivity index (χ0) is 13.4. The van der Waals surface area contributed by atoms with Crippen molar-refractivity contribution >= 4 is 11.6 Å². The summed E-state index contributed by atoms with van der Waals surface area (Å²) >= 11 is 6.01. The molecule has 1 unspecified atom stereocenters. The van der Waals surface area contributed by atoms with E-state index in [1.807, 2.05) is 6.92 Å². The molecule has 0 aliphatic rings. The zero-order valence-corrected chi connectivity index (χ0v) is 12.3. The number of aryl methyl sites for hydroxylation is 1. The van der Waals surface area contributed by atoms with E-state index in [0.29, 0.717) is 23.4 Å². The van der Waals surface area contributed by atoms with Gasteiger partial charge in [-0.05, 0) is 19.3 Å². The molecule has 1 rings (SSSR count). The molecule has 18 heavy (non-hydrogen) atoms. The standard InChI is InChI=1S/C14H23ClN2O/c1-4-6-7-8-12(5-2)9-18-13-11(3)16-10-17-14(13)15/h10,12H,4-9H2,1-3H3. The van der Waals surface area contributed by atoms with E-state index in [1.54, 1.807) is 0 Å². The van der Waals surface area contributed by atoms with Crippen LogP contribution in [0.1, 0.15) is 51.6 Å². The quantitative estimate of drug-likeness (QED) is 0.518. The zero-order valence-electron chi connectivity index (χ0n) is 11.6. The molecule has 0 aromatic carbocycles. The lowest BCUT2D eigenvalue weighted by Crippen LogP contribution is -2.12. The Balaban J connectivity index is 2.47. The normalized spacial score (nSPS) is 12.4. The molecule has 0 N–H and O–H groups in total. The van der Waals surface area contributed by atoms with Gasteiger partial charge in [0.05, 0.1) is 12.3 Å². The largest absolute Gasteiger partial charge is 0.488 e. The van der Waals surface area contributed by atoms with Gasteiger partial charge in [0.25, 0.3) is 0 Å². The van der Waals surface area contributed by atoms with Gasteiger partial charge < -0.3 is 4.74 Å². The van der Waals surface area contributed by atoms with Crippen molar-refractivity contribution in [2.45, 2.75) is 52.9 Å². The van der Waals surface area contributed by atoms with Crippen LogP contribution in [0.4, 0.5) is 0 Å². The Morgan fingerprint density at radius 3 is 2.67 bits per heavy atom. The number of rotatable bonds is 8. The summed E-state index contributed by atoms with van der Waals surface area (Å²) < 4.78 is 5.79. The Hall–Kier alpha value is -0.830. The molecule has 102 valence electrons. The molecular weight excluding hydrogens is 248 g/mol. The SMILES string of the molecule is CCCCCC(CC)COc1c(C)ncnc1Cl. The first-order valence-corrected chi connectivity index (χ1v) is 7.16. The van der Waals surface area contributed by atoms with Crippen LogP contribution < -0.4 is 4.74 Å². The van der Waals surface area contributed by atoms with Crippen molar-refractivity contribution in [1.82, 2.24) is 9.97 Å². The van der Waals surface area contributed by atoms with Gasteiger partial charge in [0.1, 0.15) is 6.33 Å². The maximum absolute atomic E-state index is 6.01. The van der Waals surface area contributed by atoms with E-state index in [0.717, 1.165) is 12.1 Å². The third-order valence-corrected chi connectivity index (χ3v) is 3.46. The first kappa shape index (κ1) is 15.2. The Kier molecular flexibility index (Phi) is 7.02. The van der Waals surface area contributed by atoms with Gasteiger partial charge in [-0.3, -0.25) is 0 Å². The van der Waals surface area contributed by atoms with Crippen LogP contribution in [0.5, 0.6) is 5.75 Å². The van der Waals surface area contributed by atoms with Crippen molar-refractivity contribution < 1.29 is 4.74 Å². The monoisotopic (exact) mass is 270 g/mol. The summed E-state index contributed by atoms with van der Waals surface area (Å²) in [6.07, 6.45) is 7.64. The molecule has 1 atom stereocenters. The topological polar surface area (TPSA) is 35.0 Å². The fourth-order valence-electron chi connectivity index (χ4n) is 1.89. The lowest BCUT2D eigenvalue weighted by Gasteiger charge is -2.16. The van der Waals surface area contributed by atoms with E-state index in [-0.39, 0.29) is 0 Å². The Bertz CT molecular complexity index is 337. The molecule has 0 fully saturated rings. The lowest BCUT2D eigenvalue weighted by molar-refractivity contribution is 0.230. The Morgan fingerprint density at radius 2 is 2.06 bits per heavy atom. The molecule has 4 heteroatoms. The van der Waals surface area contributed by atoms with Crippen molar-refractivity contribution in [2.75, 3.05) is 6.61 Å². The fourth-order valence-corrected chi connectivity index (χ4v) is 2.12. The van der Waals surface area contributed by atoms with E-state index in [4.69, 9.17) is 16.3 Å². The predicted octanol–water partition coefficient (Wildman–Crippen LogP) is 4.42. The summed E-state index contributed by atoms with van der Waals surface area (Å²) in [5.41, 5.74) is 0.804. The molecule has 0 spiro atoms. The number of aromatic nitrogens is 2. The number of unbranched alkanes of at least 4 members (excludes halogenated alkanes) is 2. The van der Waals surface area contributed by atoms with Crippen LogP contribution in [0, 0.1) is 12.8 Å². The molecule has 0 aliphatic carbocycles. The van der Waals surface area contributed by atoms with Gasteiger partial charge in [0, 0.05) is 0 Å². The molecule has 3 nitrogen and oxygen atoms in total. The van der Waals surface area contributed by atoms with Crippen molar-refractivity contribution in [3.8, 4) is 5.75 Å².